The lowest BCUT2D eigenvalue weighted by Gasteiger charge is -2.09. The molecule has 0 fully saturated rings. The van der Waals surface area contributed by atoms with Gasteiger partial charge in [-0.1, -0.05) is 30.7 Å². The average Bonchev–Trinajstić information content (AvgIpc) is 2.81. The molecule has 2 rings (SSSR count). The molecule has 0 spiro atoms. The van der Waals surface area contributed by atoms with E-state index in [1.165, 1.54) is 5.56 Å². The molecule has 21 heavy (non-hydrogen) atoms. The van der Waals surface area contributed by atoms with Crippen LogP contribution < -0.4 is 10.1 Å². The molecule has 2 aromatic rings. The zero-order valence-corrected chi connectivity index (χ0v) is 13.6. The third-order valence-corrected chi connectivity index (χ3v) is 3.79. The molecule has 0 unspecified atom stereocenters. The van der Waals surface area contributed by atoms with Crippen molar-refractivity contribution in [3.05, 3.63) is 46.2 Å². The number of benzene rings is 1. The second kappa shape index (κ2) is 7.48. The topological polar surface area (TPSA) is 39.1 Å². The highest BCUT2D eigenvalue weighted by Gasteiger charge is 2.14. The second-order valence-corrected chi connectivity index (χ2v) is 5.22. The SMILES string of the molecule is CCc1nn(CC)c(COc2cccc(CNC)c2)c1Cl. The molecular formula is C16H22ClN3O. The minimum atomic E-state index is 0.433. The van der Waals surface area contributed by atoms with Gasteiger partial charge in [0.05, 0.1) is 16.4 Å². The van der Waals surface area contributed by atoms with Crippen molar-refractivity contribution in [3.8, 4) is 5.75 Å². The van der Waals surface area contributed by atoms with Crippen LogP contribution in [0.25, 0.3) is 0 Å². The van der Waals surface area contributed by atoms with Gasteiger partial charge < -0.3 is 10.1 Å². The zero-order valence-electron chi connectivity index (χ0n) is 12.8. The predicted octanol–water partition coefficient (Wildman–Crippen LogP) is 3.42. The monoisotopic (exact) mass is 307 g/mol. The quantitative estimate of drug-likeness (QED) is 0.852. The fourth-order valence-corrected chi connectivity index (χ4v) is 2.58. The van der Waals surface area contributed by atoms with E-state index in [0.717, 1.165) is 41.7 Å². The summed E-state index contributed by atoms with van der Waals surface area (Å²) in [6, 6.07) is 8.07. The Morgan fingerprint density at radius 3 is 2.81 bits per heavy atom. The van der Waals surface area contributed by atoms with Crippen molar-refractivity contribution >= 4 is 11.6 Å². The summed E-state index contributed by atoms with van der Waals surface area (Å²) in [5, 5.41) is 8.36. The molecule has 4 nitrogen and oxygen atoms in total. The fourth-order valence-electron chi connectivity index (χ4n) is 2.26. The van der Waals surface area contributed by atoms with Gasteiger partial charge in [0.15, 0.2) is 0 Å². The predicted molar refractivity (Wildman–Crippen MR) is 85.8 cm³/mol. The number of hydrogen-bond acceptors (Lipinski definition) is 3. The molecule has 1 aromatic heterocycles. The summed E-state index contributed by atoms with van der Waals surface area (Å²) in [4.78, 5) is 0. The van der Waals surface area contributed by atoms with Gasteiger partial charge >= 0.3 is 0 Å². The third kappa shape index (κ3) is 3.77. The van der Waals surface area contributed by atoms with Gasteiger partial charge in [-0.05, 0) is 38.1 Å². The summed E-state index contributed by atoms with van der Waals surface area (Å²) in [6.07, 6.45) is 0.830. The van der Waals surface area contributed by atoms with Crippen LogP contribution in [0, 0.1) is 0 Å². The first-order valence-corrected chi connectivity index (χ1v) is 7.67. The van der Waals surface area contributed by atoms with Crippen LogP contribution in [0.3, 0.4) is 0 Å². The van der Waals surface area contributed by atoms with Gasteiger partial charge in [-0.15, -0.1) is 0 Å². The van der Waals surface area contributed by atoms with Gasteiger partial charge in [0, 0.05) is 13.1 Å². The van der Waals surface area contributed by atoms with Crippen LogP contribution >= 0.6 is 11.6 Å². The van der Waals surface area contributed by atoms with Gasteiger partial charge in [0.1, 0.15) is 12.4 Å². The number of halogens is 1. The molecule has 0 aliphatic carbocycles. The average molecular weight is 308 g/mol. The molecule has 0 saturated heterocycles. The van der Waals surface area contributed by atoms with Crippen molar-refractivity contribution < 1.29 is 4.74 Å². The Bertz CT molecular complexity index is 595. The molecule has 0 aliphatic rings. The van der Waals surface area contributed by atoms with Crippen molar-refractivity contribution in [2.24, 2.45) is 0 Å². The van der Waals surface area contributed by atoms with Crippen LogP contribution in [0.1, 0.15) is 30.8 Å². The van der Waals surface area contributed by atoms with E-state index in [2.05, 4.69) is 30.3 Å². The molecule has 1 heterocycles. The fraction of sp³-hybridized carbons (Fsp3) is 0.438. The molecule has 1 aromatic carbocycles. The van der Waals surface area contributed by atoms with Crippen LogP contribution in [-0.2, 0) is 26.1 Å². The normalized spacial score (nSPS) is 10.9. The van der Waals surface area contributed by atoms with Gasteiger partial charge in [-0.2, -0.15) is 5.10 Å². The van der Waals surface area contributed by atoms with E-state index in [1.807, 2.05) is 29.9 Å². The van der Waals surface area contributed by atoms with E-state index in [4.69, 9.17) is 16.3 Å². The highest BCUT2D eigenvalue weighted by molar-refractivity contribution is 6.31. The minimum absolute atomic E-state index is 0.433. The van der Waals surface area contributed by atoms with Crippen LogP contribution in [0.5, 0.6) is 5.75 Å². The molecule has 0 aliphatic heterocycles. The number of aromatic nitrogens is 2. The van der Waals surface area contributed by atoms with E-state index < -0.39 is 0 Å². The number of hydrogen-bond donors (Lipinski definition) is 1. The summed E-state index contributed by atoms with van der Waals surface area (Å²) in [7, 11) is 1.93. The lowest BCUT2D eigenvalue weighted by atomic mass is 10.2. The molecule has 0 saturated carbocycles. The van der Waals surface area contributed by atoms with Crippen molar-refractivity contribution in [3.63, 3.8) is 0 Å². The highest BCUT2D eigenvalue weighted by Crippen LogP contribution is 2.23. The summed E-state index contributed by atoms with van der Waals surface area (Å²) < 4.78 is 7.80. The molecule has 114 valence electrons. The Morgan fingerprint density at radius 1 is 1.33 bits per heavy atom. The minimum Gasteiger partial charge on any atom is -0.487 e. The summed E-state index contributed by atoms with van der Waals surface area (Å²) in [6.45, 7) is 6.16. The third-order valence-electron chi connectivity index (χ3n) is 3.35. The maximum atomic E-state index is 6.38. The van der Waals surface area contributed by atoms with Gasteiger partial charge in [0.25, 0.3) is 0 Å². The molecule has 5 heteroatoms. The van der Waals surface area contributed by atoms with E-state index in [-0.39, 0.29) is 0 Å². The van der Waals surface area contributed by atoms with Crippen LogP contribution in [0.15, 0.2) is 24.3 Å². The smallest absolute Gasteiger partial charge is 0.131 e. The first-order valence-electron chi connectivity index (χ1n) is 7.30. The number of ether oxygens (including phenoxy) is 1. The lowest BCUT2D eigenvalue weighted by Crippen LogP contribution is -2.07. The molecule has 0 amide bonds. The maximum Gasteiger partial charge on any atom is 0.131 e. The Hall–Kier alpha value is -1.52. The Labute approximate surface area is 131 Å². The van der Waals surface area contributed by atoms with Crippen molar-refractivity contribution in [2.75, 3.05) is 7.05 Å². The molecule has 0 atom stereocenters. The summed E-state index contributed by atoms with van der Waals surface area (Å²) >= 11 is 6.38. The Morgan fingerprint density at radius 2 is 2.14 bits per heavy atom. The van der Waals surface area contributed by atoms with E-state index >= 15 is 0 Å². The molecule has 0 bridgehead atoms. The van der Waals surface area contributed by atoms with Gasteiger partial charge in [0.2, 0.25) is 0 Å². The lowest BCUT2D eigenvalue weighted by molar-refractivity contribution is 0.292. The Balaban J connectivity index is 2.12. The second-order valence-electron chi connectivity index (χ2n) is 4.84. The molecule has 1 N–H and O–H groups in total. The van der Waals surface area contributed by atoms with Gasteiger partial charge in [-0.3, -0.25) is 4.68 Å². The first kappa shape index (κ1) is 15.9. The molecular weight excluding hydrogens is 286 g/mol. The van der Waals surface area contributed by atoms with Crippen LogP contribution in [0.4, 0.5) is 0 Å². The van der Waals surface area contributed by atoms with E-state index in [9.17, 15) is 0 Å². The number of rotatable bonds is 7. The number of nitrogens with zero attached hydrogens (tertiary/aromatic N) is 2. The van der Waals surface area contributed by atoms with Crippen molar-refractivity contribution in [1.29, 1.82) is 0 Å². The van der Waals surface area contributed by atoms with E-state index in [1.54, 1.807) is 0 Å². The van der Waals surface area contributed by atoms with Crippen LogP contribution in [-0.4, -0.2) is 16.8 Å². The van der Waals surface area contributed by atoms with Crippen LogP contribution in [0.2, 0.25) is 5.02 Å². The maximum absolute atomic E-state index is 6.38. The Kier molecular flexibility index (Phi) is 5.65. The summed E-state index contributed by atoms with van der Waals surface area (Å²) in [5.74, 6) is 0.848. The highest BCUT2D eigenvalue weighted by atomic mass is 35.5. The number of aryl methyl sites for hydroxylation is 2. The van der Waals surface area contributed by atoms with Gasteiger partial charge in [-0.25, -0.2) is 0 Å². The van der Waals surface area contributed by atoms with E-state index in [0.29, 0.717) is 6.61 Å². The zero-order chi connectivity index (χ0) is 15.2. The van der Waals surface area contributed by atoms with Crippen molar-refractivity contribution in [2.45, 2.75) is 40.0 Å². The van der Waals surface area contributed by atoms with Crippen molar-refractivity contribution in [1.82, 2.24) is 15.1 Å². The standard InChI is InChI=1S/C16H22ClN3O/c1-4-14-16(17)15(20(5-2)19-14)11-21-13-8-6-7-12(9-13)10-18-3/h6-9,18H,4-5,10-11H2,1-3H3. The summed E-state index contributed by atoms with van der Waals surface area (Å²) in [5.41, 5.74) is 3.07. The molecule has 0 radical (unpaired) electrons. The largest absolute Gasteiger partial charge is 0.487 e. The first-order chi connectivity index (χ1) is 10.2. The number of nitrogens with one attached hydrogen (secondary N) is 1.